The molecule has 2 aliphatic rings. The van der Waals surface area contributed by atoms with Gasteiger partial charge in [-0.15, -0.1) is 0 Å². The lowest BCUT2D eigenvalue weighted by atomic mass is 10.0. The standard InChI is InChI=1S/C12H15ClN5O6P/c13-11-16-9(14)5-10(17-11)18(3-15-5)6-4-1-12(4,8(20)7(6)19)2-24-25(21,22)23/h3-4,6-8,19-20H,1-2H2,(H2,14,16,17)(H2,21,22,23)/t4-,6-,7+,8+,12?/m1/s1. The van der Waals surface area contributed by atoms with Gasteiger partial charge in [-0.1, -0.05) is 0 Å². The average molecular weight is 392 g/mol. The van der Waals surface area contributed by atoms with Crippen molar-refractivity contribution in [3.63, 3.8) is 0 Å². The SMILES string of the molecule is Nc1nc(Cl)nc2c1ncn2[C@H]1[C@H](O)[C@H](O)C2(COP(=O)(O)O)C[C@H]12. The molecule has 0 aromatic carbocycles. The molecule has 136 valence electrons. The number of phosphoric ester groups is 1. The largest absolute Gasteiger partial charge is 0.469 e. The molecule has 0 radical (unpaired) electrons. The third-order valence-corrected chi connectivity index (χ3v) is 5.73. The second kappa shape index (κ2) is 5.34. The number of hydrogen-bond acceptors (Lipinski definition) is 8. The van der Waals surface area contributed by atoms with Gasteiger partial charge in [0.1, 0.15) is 11.6 Å². The molecule has 0 saturated heterocycles. The molecule has 6 N–H and O–H groups in total. The Bertz CT molecular complexity index is 903. The van der Waals surface area contributed by atoms with E-state index in [9.17, 15) is 14.8 Å². The highest BCUT2D eigenvalue weighted by Gasteiger charge is 2.72. The van der Waals surface area contributed by atoms with Crippen LogP contribution in [0, 0.1) is 11.3 Å². The number of aromatic nitrogens is 4. The molecule has 2 fully saturated rings. The van der Waals surface area contributed by atoms with E-state index in [4.69, 9.17) is 27.1 Å². The van der Waals surface area contributed by atoms with Crippen LogP contribution in [0.4, 0.5) is 5.82 Å². The molecule has 0 amide bonds. The highest BCUT2D eigenvalue weighted by molar-refractivity contribution is 7.46. The number of aliphatic hydroxyl groups is 2. The minimum atomic E-state index is -4.68. The quantitative estimate of drug-likeness (QED) is 0.335. The maximum Gasteiger partial charge on any atom is 0.469 e. The molecule has 2 aliphatic carbocycles. The van der Waals surface area contributed by atoms with Crippen molar-refractivity contribution in [2.45, 2.75) is 24.7 Å². The van der Waals surface area contributed by atoms with Crippen molar-refractivity contribution in [3.05, 3.63) is 11.6 Å². The van der Waals surface area contributed by atoms with E-state index in [-0.39, 0.29) is 23.6 Å². The van der Waals surface area contributed by atoms with E-state index in [0.29, 0.717) is 17.6 Å². The van der Waals surface area contributed by atoms with Gasteiger partial charge in [0, 0.05) is 5.41 Å². The maximum absolute atomic E-state index is 11.0. The Balaban J connectivity index is 1.70. The van der Waals surface area contributed by atoms with Crippen molar-refractivity contribution in [1.82, 2.24) is 19.5 Å². The van der Waals surface area contributed by atoms with Gasteiger partial charge >= 0.3 is 7.82 Å². The van der Waals surface area contributed by atoms with Crippen LogP contribution in [0.25, 0.3) is 11.2 Å². The molecular weight excluding hydrogens is 377 g/mol. The second-order valence-corrected chi connectivity index (χ2v) is 8.01. The first-order valence-electron chi connectivity index (χ1n) is 7.36. The fraction of sp³-hybridized carbons (Fsp3) is 0.583. The van der Waals surface area contributed by atoms with Gasteiger partial charge in [0.2, 0.25) is 5.28 Å². The summed E-state index contributed by atoms with van der Waals surface area (Å²) >= 11 is 5.84. The van der Waals surface area contributed by atoms with E-state index in [1.54, 1.807) is 4.57 Å². The van der Waals surface area contributed by atoms with Crippen molar-refractivity contribution in [3.8, 4) is 0 Å². The lowest BCUT2D eigenvalue weighted by molar-refractivity contribution is -0.0297. The van der Waals surface area contributed by atoms with Gasteiger partial charge in [-0.05, 0) is 23.9 Å². The van der Waals surface area contributed by atoms with E-state index in [1.165, 1.54) is 6.33 Å². The predicted molar refractivity (Wildman–Crippen MR) is 84.3 cm³/mol. The third-order valence-electron chi connectivity index (χ3n) is 5.10. The van der Waals surface area contributed by atoms with Gasteiger partial charge in [0.05, 0.1) is 25.1 Å². The van der Waals surface area contributed by atoms with Crippen LogP contribution in [0.5, 0.6) is 0 Å². The summed E-state index contributed by atoms with van der Waals surface area (Å²) in [5.41, 5.74) is 5.47. The summed E-state index contributed by atoms with van der Waals surface area (Å²) in [7, 11) is -4.68. The molecule has 2 aromatic heterocycles. The van der Waals surface area contributed by atoms with Crippen LogP contribution in [0.1, 0.15) is 12.5 Å². The van der Waals surface area contributed by atoms with E-state index in [1.807, 2.05) is 0 Å². The van der Waals surface area contributed by atoms with Crippen molar-refractivity contribution < 1.29 is 29.1 Å². The number of imidazole rings is 1. The van der Waals surface area contributed by atoms with Crippen LogP contribution >= 0.6 is 19.4 Å². The summed E-state index contributed by atoms with van der Waals surface area (Å²) in [6, 6.07) is -0.606. The summed E-state index contributed by atoms with van der Waals surface area (Å²) in [6.07, 6.45) is -0.540. The first-order valence-corrected chi connectivity index (χ1v) is 9.27. The summed E-state index contributed by atoms with van der Waals surface area (Å²) in [5, 5.41) is 20.8. The molecule has 0 spiro atoms. The van der Waals surface area contributed by atoms with Crippen molar-refractivity contribution in [1.29, 1.82) is 0 Å². The van der Waals surface area contributed by atoms with Crippen molar-refractivity contribution >= 4 is 36.4 Å². The molecule has 4 rings (SSSR count). The smallest absolute Gasteiger partial charge is 0.390 e. The Morgan fingerprint density at radius 3 is 2.84 bits per heavy atom. The van der Waals surface area contributed by atoms with Crippen LogP contribution in [-0.4, -0.2) is 58.3 Å². The van der Waals surface area contributed by atoms with E-state index >= 15 is 0 Å². The maximum atomic E-state index is 11.0. The Morgan fingerprint density at radius 1 is 1.44 bits per heavy atom. The van der Waals surface area contributed by atoms with E-state index < -0.39 is 31.5 Å². The summed E-state index contributed by atoms with van der Waals surface area (Å²) in [5.74, 6) is -0.176. The van der Waals surface area contributed by atoms with Crippen LogP contribution in [0.3, 0.4) is 0 Å². The van der Waals surface area contributed by atoms with Gasteiger partial charge in [-0.2, -0.15) is 9.97 Å². The Kier molecular flexibility index (Phi) is 3.65. The number of anilines is 1. The Labute approximate surface area is 145 Å². The minimum Gasteiger partial charge on any atom is -0.390 e. The van der Waals surface area contributed by atoms with Gasteiger partial charge in [0.15, 0.2) is 11.5 Å². The monoisotopic (exact) mass is 391 g/mol. The number of halogens is 1. The van der Waals surface area contributed by atoms with E-state index in [0.717, 1.165) is 0 Å². The fourth-order valence-corrected chi connectivity index (χ4v) is 4.44. The first kappa shape index (κ1) is 17.1. The molecule has 0 bridgehead atoms. The zero-order valence-corrected chi connectivity index (χ0v) is 14.2. The zero-order valence-electron chi connectivity index (χ0n) is 12.6. The molecule has 0 aliphatic heterocycles. The third kappa shape index (κ3) is 2.55. The molecule has 2 saturated carbocycles. The highest BCUT2D eigenvalue weighted by atomic mass is 35.5. The lowest BCUT2D eigenvalue weighted by Gasteiger charge is -2.24. The van der Waals surface area contributed by atoms with Gasteiger partial charge in [-0.3, -0.25) is 4.52 Å². The van der Waals surface area contributed by atoms with Crippen molar-refractivity contribution in [2.75, 3.05) is 12.3 Å². The van der Waals surface area contributed by atoms with Gasteiger partial charge in [0.25, 0.3) is 0 Å². The number of nitrogens with two attached hydrogens (primary N) is 1. The van der Waals surface area contributed by atoms with Crippen molar-refractivity contribution in [2.24, 2.45) is 11.3 Å². The van der Waals surface area contributed by atoms with Crippen LogP contribution in [0.15, 0.2) is 6.33 Å². The van der Waals surface area contributed by atoms with Crippen LogP contribution in [0.2, 0.25) is 5.28 Å². The molecule has 13 heteroatoms. The molecule has 5 atom stereocenters. The minimum absolute atomic E-state index is 0.0771. The predicted octanol–water partition coefficient (Wildman–Crippen LogP) is -0.546. The number of hydrogen-bond donors (Lipinski definition) is 5. The Hall–Kier alpha value is -1.33. The highest BCUT2D eigenvalue weighted by Crippen LogP contribution is 2.68. The molecule has 2 heterocycles. The summed E-state index contributed by atoms with van der Waals surface area (Å²) in [6.45, 7) is -0.360. The number of phosphoric acid groups is 1. The fourth-order valence-electron chi connectivity index (χ4n) is 3.86. The summed E-state index contributed by atoms with van der Waals surface area (Å²) in [4.78, 5) is 29.8. The number of fused-ring (bicyclic) bond motifs is 2. The number of aliphatic hydroxyl groups excluding tert-OH is 2. The zero-order chi connectivity index (χ0) is 18.1. The Morgan fingerprint density at radius 2 is 2.16 bits per heavy atom. The van der Waals surface area contributed by atoms with Crippen LogP contribution in [-0.2, 0) is 9.09 Å². The molecular formula is C12H15ClN5O6P. The molecule has 25 heavy (non-hydrogen) atoms. The van der Waals surface area contributed by atoms with Gasteiger partial charge in [-0.25, -0.2) is 9.55 Å². The number of nitrogen functional groups attached to an aromatic ring is 1. The summed E-state index contributed by atoms with van der Waals surface area (Å²) < 4.78 is 17.1. The molecule has 11 nitrogen and oxygen atoms in total. The average Bonchev–Trinajstić information content (AvgIpc) is 3.01. The van der Waals surface area contributed by atoms with E-state index in [2.05, 4.69) is 19.5 Å². The molecule has 1 unspecified atom stereocenters. The first-order chi connectivity index (χ1) is 11.6. The molecule has 2 aromatic rings. The number of nitrogens with zero attached hydrogens (tertiary/aromatic N) is 4. The lowest BCUT2D eigenvalue weighted by Crippen LogP contribution is -2.35. The van der Waals surface area contributed by atoms with Crippen LogP contribution < -0.4 is 5.73 Å². The normalized spacial score (nSPS) is 34.4. The second-order valence-electron chi connectivity index (χ2n) is 6.44. The van der Waals surface area contributed by atoms with Gasteiger partial charge < -0.3 is 30.3 Å². The number of rotatable bonds is 4. The topological polar surface area (TPSA) is 177 Å².